The van der Waals surface area contributed by atoms with Gasteiger partial charge in [-0.2, -0.15) is 16.7 Å². The van der Waals surface area contributed by atoms with Gasteiger partial charge in [0.2, 0.25) is 5.89 Å². The van der Waals surface area contributed by atoms with Gasteiger partial charge in [-0.25, -0.2) is 0 Å². The minimum absolute atomic E-state index is 0.124. The highest BCUT2D eigenvalue weighted by atomic mass is 32.2. The number of aromatic nitrogens is 2. The number of carbonyl (C=O) groups excluding carboxylic acids is 1. The Bertz CT molecular complexity index is 285. The van der Waals surface area contributed by atoms with E-state index in [1.54, 1.807) is 11.8 Å². The van der Waals surface area contributed by atoms with Crippen molar-refractivity contribution in [1.29, 1.82) is 0 Å². The monoisotopic (exact) mass is 200 g/mol. The Hall–Kier alpha value is -0.840. The van der Waals surface area contributed by atoms with Crippen molar-refractivity contribution in [2.24, 2.45) is 0 Å². The van der Waals surface area contributed by atoms with Crippen LogP contribution in [0.15, 0.2) is 4.52 Å². The van der Waals surface area contributed by atoms with E-state index in [4.69, 9.17) is 4.52 Å². The molecule has 0 saturated heterocycles. The van der Waals surface area contributed by atoms with Gasteiger partial charge in [-0.05, 0) is 6.26 Å². The average Bonchev–Trinajstić information content (AvgIpc) is 2.53. The zero-order valence-electron chi connectivity index (χ0n) is 7.74. The van der Waals surface area contributed by atoms with E-state index >= 15 is 0 Å². The minimum Gasteiger partial charge on any atom is -0.339 e. The first kappa shape index (κ1) is 10.2. The second-order valence-electron chi connectivity index (χ2n) is 2.61. The summed E-state index contributed by atoms with van der Waals surface area (Å²) in [6.45, 7) is 1.82. The Morgan fingerprint density at radius 3 is 3.00 bits per heavy atom. The van der Waals surface area contributed by atoms with Crippen molar-refractivity contribution in [3.05, 3.63) is 11.7 Å². The van der Waals surface area contributed by atoms with E-state index in [2.05, 4.69) is 10.1 Å². The third-order valence-electron chi connectivity index (χ3n) is 1.53. The molecule has 13 heavy (non-hydrogen) atoms. The van der Waals surface area contributed by atoms with Crippen LogP contribution >= 0.6 is 11.8 Å². The molecule has 72 valence electrons. The van der Waals surface area contributed by atoms with Gasteiger partial charge in [0.25, 0.3) is 0 Å². The van der Waals surface area contributed by atoms with Crippen LogP contribution in [0.5, 0.6) is 0 Å². The molecule has 1 rings (SSSR count). The van der Waals surface area contributed by atoms with Gasteiger partial charge in [0.1, 0.15) is 5.78 Å². The molecule has 0 saturated carbocycles. The lowest BCUT2D eigenvalue weighted by Crippen LogP contribution is -2.00. The molecular weight excluding hydrogens is 188 g/mol. The molecule has 0 aliphatic heterocycles. The van der Waals surface area contributed by atoms with Crippen LogP contribution in [0.2, 0.25) is 0 Å². The predicted molar refractivity (Wildman–Crippen MR) is 50.5 cm³/mol. The number of thioether (sulfide) groups is 1. The van der Waals surface area contributed by atoms with E-state index in [0.29, 0.717) is 18.1 Å². The van der Waals surface area contributed by atoms with Crippen molar-refractivity contribution in [3.8, 4) is 0 Å². The Labute approximate surface area is 81.1 Å². The average molecular weight is 200 g/mol. The zero-order chi connectivity index (χ0) is 9.68. The van der Waals surface area contributed by atoms with Crippen molar-refractivity contribution in [2.45, 2.75) is 25.5 Å². The molecule has 4 nitrogen and oxygen atoms in total. The summed E-state index contributed by atoms with van der Waals surface area (Å²) in [6, 6.07) is 0. The van der Waals surface area contributed by atoms with E-state index < -0.39 is 0 Å². The van der Waals surface area contributed by atoms with Gasteiger partial charge in [-0.15, -0.1) is 0 Å². The van der Waals surface area contributed by atoms with Gasteiger partial charge >= 0.3 is 0 Å². The molecule has 0 aliphatic rings. The first-order chi connectivity index (χ1) is 6.26. The maximum absolute atomic E-state index is 11.0. The van der Waals surface area contributed by atoms with Crippen LogP contribution < -0.4 is 0 Å². The van der Waals surface area contributed by atoms with Gasteiger partial charge < -0.3 is 4.52 Å². The second-order valence-corrected chi connectivity index (χ2v) is 3.47. The van der Waals surface area contributed by atoms with Crippen molar-refractivity contribution < 1.29 is 9.32 Å². The SMILES string of the molecule is CCC(=O)Cc1nc(CSC)no1. The number of Topliss-reactive ketones (excluding diaryl/α,β-unsaturated/α-hetero) is 1. The smallest absolute Gasteiger partial charge is 0.234 e. The Morgan fingerprint density at radius 1 is 1.62 bits per heavy atom. The maximum Gasteiger partial charge on any atom is 0.234 e. The number of ketones is 1. The van der Waals surface area contributed by atoms with Crippen LogP contribution in [0.4, 0.5) is 0 Å². The van der Waals surface area contributed by atoms with Crippen molar-refractivity contribution >= 4 is 17.5 Å². The van der Waals surface area contributed by atoms with Crippen LogP contribution in [0.25, 0.3) is 0 Å². The highest BCUT2D eigenvalue weighted by molar-refractivity contribution is 7.97. The van der Waals surface area contributed by atoms with Crippen LogP contribution in [-0.2, 0) is 17.0 Å². The molecule has 1 heterocycles. The number of hydrogen-bond donors (Lipinski definition) is 0. The van der Waals surface area contributed by atoms with E-state index in [9.17, 15) is 4.79 Å². The molecule has 1 aromatic rings. The molecule has 0 unspecified atom stereocenters. The first-order valence-electron chi connectivity index (χ1n) is 4.08. The summed E-state index contributed by atoms with van der Waals surface area (Å²) in [7, 11) is 0. The van der Waals surface area contributed by atoms with E-state index in [1.807, 2.05) is 13.2 Å². The fourth-order valence-corrected chi connectivity index (χ4v) is 1.22. The molecule has 1 aromatic heterocycles. The van der Waals surface area contributed by atoms with Gasteiger partial charge in [0.15, 0.2) is 5.82 Å². The number of carbonyl (C=O) groups is 1. The van der Waals surface area contributed by atoms with Gasteiger partial charge in [-0.1, -0.05) is 12.1 Å². The topological polar surface area (TPSA) is 56.0 Å². The molecule has 0 spiro atoms. The number of nitrogens with zero attached hydrogens (tertiary/aromatic N) is 2. The minimum atomic E-state index is 0.124. The summed E-state index contributed by atoms with van der Waals surface area (Å²) < 4.78 is 4.89. The Balaban J connectivity index is 2.53. The summed E-state index contributed by atoms with van der Waals surface area (Å²) in [5, 5.41) is 3.73. The molecule has 0 bridgehead atoms. The summed E-state index contributed by atoms with van der Waals surface area (Å²) in [6.07, 6.45) is 2.74. The quantitative estimate of drug-likeness (QED) is 0.720. The van der Waals surface area contributed by atoms with Crippen molar-refractivity contribution in [2.75, 3.05) is 6.26 Å². The summed E-state index contributed by atoms with van der Waals surface area (Å²) in [5.74, 6) is 1.94. The summed E-state index contributed by atoms with van der Waals surface area (Å²) >= 11 is 1.62. The van der Waals surface area contributed by atoms with E-state index in [-0.39, 0.29) is 12.2 Å². The maximum atomic E-state index is 11.0. The highest BCUT2D eigenvalue weighted by Gasteiger charge is 2.08. The van der Waals surface area contributed by atoms with Crippen LogP contribution in [-0.4, -0.2) is 22.2 Å². The van der Waals surface area contributed by atoms with Gasteiger partial charge in [-0.3, -0.25) is 4.79 Å². The standard InChI is InChI=1S/C8H12N2O2S/c1-3-6(11)4-8-9-7(5-13-2)10-12-8/h3-5H2,1-2H3. The molecule has 5 heteroatoms. The van der Waals surface area contributed by atoms with E-state index in [0.717, 1.165) is 5.75 Å². The first-order valence-corrected chi connectivity index (χ1v) is 5.47. The molecule has 0 aromatic carbocycles. The lowest BCUT2D eigenvalue weighted by Gasteiger charge is -1.88. The number of rotatable bonds is 5. The molecule has 0 atom stereocenters. The lowest BCUT2D eigenvalue weighted by molar-refractivity contribution is -0.118. The largest absolute Gasteiger partial charge is 0.339 e. The Morgan fingerprint density at radius 2 is 2.38 bits per heavy atom. The normalized spacial score (nSPS) is 10.3. The highest BCUT2D eigenvalue weighted by Crippen LogP contribution is 2.06. The van der Waals surface area contributed by atoms with Crippen LogP contribution in [0.3, 0.4) is 0 Å². The fraction of sp³-hybridized carbons (Fsp3) is 0.625. The van der Waals surface area contributed by atoms with Crippen molar-refractivity contribution in [3.63, 3.8) is 0 Å². The molecule has 0 N–H and O–H groups in total. The zero-order valence-corrected chi connectivity index (χ0v) is 8.56. The van der Waals surface area contributed by atoms with E-state index in [1.165, 1.54) is 0 Å². The van der Waals surface area contributed by atoms with Crippen LogP contribution in [0.1, 0.15) is 25.1 Å². The molecule has 0 aliphatic carbocycles. The molecular formula is C8H12N2O2S. The summed E-state index contributed by atoms with van der Waals surface area (Å²) in [5.41, 5.74) is 0. The molecule has 0 radical (unpaired) electrons. The second kappa shape index (κ2) is 5.01. The molecule has 0 amide bonds. The van der Waals surface area contributed by atoms with Gasteiger partial charge in [0, 0.05) is 6.42 Å². The number of hydrogen-bond acceptors (Lipinski definition) is 5. The predicted octanol–water partition coefficient (Wildman–Crippen LogP) is 1.45. The van der Waals surface area contributed by atoms with Crippen LogP contribution in [0, 0.1) is 0 Å². The van der Waals surface area contributed by atoms with Gasteiger partial charge in [0.05, 0.1) is 12.2 Å². The van der Waals surface area contributed by atoms with Crippen molar-refractivity contribution in [1.82, 2.24) is 10.1 Å². The fourth-order valence-electron chi connectivity index (χ4n) is 0.843. The summed E-state index contributed by atoms with van der Waals surface area (Å²) in [4.78, 5) is 15.1. The Kier molecular flexibility index (Phi) is 3.95. The lowest BCUT2D eigenvalue weighted by atomic mass is 10.2. The molecule has 0 fully saturated rings. The third-order valence-corrected chi connectivity index (χ3v) is 2.07. The third kappa shape index (κ3) is 3.18.